The Morgan fingerprint density at radius 1 is 1.15 bits per heavy atom. The molecule has 3 amide bonds. The number of hydrogen-bond acceptors (Lipinski definition) is 4. The van der Waals surface area contributed by atoms with Crippen molar-refractivity contribution >= 4 is 29.1 Å². The highest BCUT2D eigenvalue weighted by Crippen LogP contribution is 2.36. The monoisotopic (exact) mass is 358 g/mol. The molecule has 2 aliphatic heterocycles. The molecule has 2 heterocycles. The van der Waals surface area contributed by atoms with Crippen molar-refractivity contribution in [2.24, 2.45) is 5.92 Å². The smallest absolute Gasteiger partial charge is 0.250 e. The van der Waals surface area contributed by atoms with Gasteiger partial charge in [0.2, 0.25) is 17.7 Å². The maximum Gasteiger partial charge on any atom is 0.250 e. The van der Waals surface area contributed by atoms with E-state index in [-0.39, 0.29) is 23.6 Å². The number of carbonyl (C=O) groups is 3. The summed E-state index contributed by atoms with van der Waals surface area (Å²) in [5.74, 6) is -0.340. The molecule has 0 saturated carbocycles. The van der Waals surface area contributed by atoms with Crippen LogP contribution in [0.4, 0.5) is 11.4 Å². The summed E-state index contributed by atoms with van der Waals surface area (Å²) in [5.41, 5.74) is 1.00. The number of amides is 3. The Hall–Kier alpha value is -2.57. The summed E-state index contributed by atoms with van der Waals surface area (Å²) >= 11 is 0. The topological polar surface area (TPSA) is 90.5 Å². The van der Waals surface area contributed by atoms with Gasteiger partial charge in [-0.2, -0.15) is 0 Å². The molecule has 140 valence electrons. The molecule has 0 aromatic heterocycles. The molecule has 26 heavy (non-hydrogen) atoms. The van der Waals surface area contributed by atoms with Gasteiger partial charge in [0.1, 0.15) is 11.6 Å². The van der Waals surface area contributed by atoms with E-state index in [9.17, 15) is 14.4 Å². The first-order valence-corrected chi connectivity index (χ1v) is 9.07. The maximum absolute atomic E-state index is 12.8. The van der Waals surface area contributed by atoms with Gasteiger partial charge in [0.15, 0.2) is 0 Å². The van der Waals surface area contributed by atoms with Gasteiger partial charge in [-0.1, -0.05) is 26.0 Å². The van der Waals surface area contributed by atoms with Crippen LogP contribution < -0.4 is 16.0 Å². The Labute approximate surface area is 153 Å². The minimum Gasteiger partial charge on any atom is -0.369 e. The molecule has 0 aliphatic carbocycles. The molecular formula is C19H26N4O3. The second-order valence-corrected chi connectivity index (χ2v) is 7.45. The zero-order valence-corrected chi connectivity index (χ0v) is 15.5. The van der Waals surface area contributed by atoms with Gasteiger partial charge in [0.05, 0.1) is 11.4 Å². The zero-order chi connectivity index (χ0) is 18.9. The van der Waals surface area contributed by atoms with E-state index in [4.69, 9.17) is 0 Å². The number of likely N-dealkylation sites (tertiary alicyclic amines) is 1. The highest BCUT2D eigenvalue weighted by atomic mass is 16.2. The number of fused-ring (bicyclic) bond motifs is 1. The highest BCUT2D eigenvalue weighted by Gasteiger charge is 2.45. The summed E-state index contributed by atoms with van der Waals surface area (Å²) < 4.78 is 0. The second kappa shape index (κ2) is 6.97. The van der Waals surface area contributed by atoms with Crippen molar-refractivity contribution in [3.63, 3.8) is 0 Å². The molecule has 3 rings (SSSR count). The minimum atomic E-state index is -0.688. The Bertz CT molecular complexity index is 723. The molecule has 1 fully saturated rings. The summed E-state index contributed by atoms with van der Waals surface area (Å²) in [4.78, 5) is 38.6. The van der Waals surface area contributed by atoms with Crippen LogP contribution in [0.1, 0.15) is 33.6 Å². The van der Waals surface area contributed by atoms with Crippen molar-refractivity contribution < 1.29 is 14.4 Å². The van der Waals surface area contributed by atoms with Gasteiger partial charge in [-0.3, -0.25) is 14.4 Å². The van der Waals surface area contributed by atoms with Crippen LogP contribution in [-0.2, 0) is 14.4 Å². The predicted molar refractivity (Wildman–Crippen MR) is 99.7 cm³/mol. The molecule has 3 N–H and O–H groups in total. The standard InChI is InChI=1S/C19H26N4O3/c1-12(2)16(20-13(3)24)17(25)23-10-8-19(9-11-23)18(26)21-14-6-4-5-7-15(14)22-19/h4-7,12,16,22H,8-11H2,1-3H3,(H,20,24)(H,21,26)/t16-/m0/s1. The third-order valence-electron chi connectivity index (χ3n) is 5.20. The molecule has 1 atom stereocenters. The van der Waals surface area contributed by atoms with Crippen molar-refractivity contribution in [2.75, 3.05) is 23.7 Å². The molecule has 0 bridgehead atoms. The molecular weight excluding hydrogens is 332 g/mol. The summed E-state index contributed by atoms with van der Waals surface area (Å²) in [7, 11) is 0. The average molecular weight is 358 g/mol. The van der Waals surface area contributed by atoms with E-state index in [2.05, 4.69) is 16.0 Å². The lowest BCUT2D eigenvalue weighted by atomic mass is 9.84. The summed E-state index contributed by atoms with van der Waals surface area (Å²) in [6, 6.07) is 7.09. The van der Waals surface area contributed by atoms with Gasteiger partial charge < -0.3 is 20.9 Å². The Morgan fingerprint density at radius 2 is 1.77 bits per heavy atom. The third kappa shape index (κ3) is 3.38. The first-order chi connectivity index (χ1) is 12.3. The van der Waals surface area contributed by atoms with E-state index in [1.165, 1.54) is 6.92 Å². The summed E-state index contributed by atoms with van der Waals surface area (Å²) in [6.45, 7) is 6.20. The number of piperidine rings is 1. The number of nitrogens with zero attached hydrogens (tertiary/aromatic N) is 1. The molecule has 0 unspecified atom stereocenters. The lowest BCUT2D eigenvalue weighted by Crippen LogP contribution is -2.61. The first kappa shape index (κ1) is 18.2. The van der Waals surface area contributed by atoms with E-state index in [0.717, 1.165) is 11.4 Å². The summed E-state index contributed by atoms with van der Waals surface area (Å²) in [6.07, 6.45) is 1.06. The van der Waals surface area contributed by atoms with Gasteiger partial charge >= 0.3 is 0 Å². The third-order valence-corrected chi connectivity index (χ3v) is 5.20. The number of benzene rings is 1. The van der Waals surface area contributed by atoms with Crippen molar-refractivity contribution in [1.29, 1.82) is 0 Å². The van der Waals surface area contributed by atoms with Crippen LogP contribution in [-0.4, -0.2) is 47.3 Å². The van der Waals surface area contributed by atoms with Crippen LogP contribution in [0.3, 0.4) is 0 Å². The van der Waals surface area contributed by atoms with Crippen LogP contribution in [0.15, 0.2) is 24.3 Å². The molecule has 7 heteroatoms. The fourth-order valence-corrected chi connectivity index (χ4v) is 3.65. The number of anilines is 2. The van der Waals surface area contributed by atoms with Crippen molar-refractivity contribution in [3.05, 3.63) is 24.3 Å². The fourth-order valence-electron chi connectivity index (χ4n) is 3.65. The molecule has 1 aromatic carbocycles. The van der Waals surface area contributed by atoms with Gasteiger partial charge in [0, 0.05) is 20.0 Å². The van der Waals surface area contributed by atoms with Gasteiger partial charge in [-0.15, -0.1) is 0 Å². The van der Waals surface area contributed by atoms with Crippen molar-refractivity contribution in [1.82, 2.24) is 10.2 Å². The lowest BCUT2D eigenvalue weighted by molar-refractivity contribution is -0.139. The van der Waals surface area contributed by atoms with E-state index in [0.29, 0.717) is 25.9 Å². The quantitative estimate of drug-likeness (QED) is 0.765. The number of hydrogen-bond donors (Lipinski definition) is 3. The minimum absolute atomic E-state index is 0.00488. The number of carbonyl (C=O) groups excluding carboxylic acids is 3. The molecule has 0 radical (unpaired) electrons. The lowest BCUT2D eigenvalue weighted by Gasteiger charge is -2.45. The van der Waals surface area contributed by atoms with Crippen LogP contribution in [0, 0.1) is 5.92 Å². The van der Waals surface area contributed by atoms with E-state index < -0.39 is 11.6 Å². The summed E-state index contributed by atoms with van der Waals surface area (Å²) in [5, 5.41) is 9.10. The van der Waals surface area contributed by atoms with E-state index in [1.54, 1.807) is 4.90 Å². The van der Waals surface area contributed by atoms with Gasteiger partial charge in [-0.25, -0.2) is 0 Å². The maximum atomic E-state index is 12.8. The first-order valence-electron chi connectivity index (χ1n) is 9.07. The fraction of sp³-hybridized carbons (Fsp3) is 0.526. The van der Waals surface area contributed by atoms with Gasteiger partial charge in [0.25, 0.3) is 0 Å². The molecule has 1 saturated heterocycles. The van der Waals surface area contributed by atoms with Gasteiger partial charge in [-0.05, 0) is 30.9 Å². The Balaban J connectivity index is 1.70. The average Bonchev–Trinajstić information content (AvgIpc) is 2.60. The highest BCUT2D eigenvalue weighted by molar-refractivity contribution is 6.06. The largest absolute Gasteiger partial charge is 0.369 e. The number of nitrogens with one attached hydrogen (secondary N) is 3. The Morgan fingerprint density at radius 3 is 2.35 bits per heavy atom. The van der Waals surface area contributed by atoms with Crippen molar-refractivity contribution in [2.45, 2.75) is 45.2 Å². The van der Waals surface area contributed by atoms with Crippen LogP contribution in [0.2, 0.25) is 0 Å². The van der Waals surface area contributed by atoms with Crippen molar-refractivity contribution in [3.8, 4) is 0 Å². The predicted octanol–water partition coefficient (Wildman–Crippen LogP) is 1.57. The number of para-hydroxylation sites is 2. The van der Waals surface area contributed by atoms with Crippen LogP contribution in [0.25, 0.3) is 0 Å². The molecule has 2 aliphatic rings. The van der Waals surface area contributed by atoms with Crippen LogP contribution >= 0.6 is 0 Å². The zero-order valence-electron chi connectivity index (χ0n) is 15.5. The molecule has 1 aromatic rings. The van der Waals surface area contributed by atoms with Crippen LogP contribution in [0.5, 0.6) is 0 Å². The molecule has 1 spiro atoms. The van der Waals surface area contributed by atoms with E-state index in [1.807, 2.05) is 38.1 Å². The number of rotatable bonds is 3. The Kier molecular flexibility index (Phi) is 4.89. The second-order valence-electron chi connectivity index (χ2n) is 7.45. The van der Waals surface area contributed by atoms with E-state index >= 15 is 0 Å². The normalized spacial score (nSPS) is 19.4. The molecule has 7 nitrogen and oxygen atoms in total. The SMILES string of the molecule is CC(=O)N[C@H](C(=O)N1CCC2(CC1)Nc1ccccc1NC2=O)C(C)C.